The normalized spacial score (nSPS) is 34.7. The second-order valence-corrected chi connectivity index (χ2v) is 6.64. The van der Waals surface area contributed by atoms with Gasteiger partial charge in [-0.05, 0) is 49.9 Å². The highest BCUT2D eigenvalue weighted by Gasteiger charge is 2.45. The van der Waals surface area contributed by atoms with Crippen molar-refractivity contribution >= 4 is 23.2 Å². The Morgan fingerprint density at radius 2 is 2.05 bits per heavy atom. The SMILES string of the molecule is CN1C2CCC1[C@H](CO)C(c1ccc(Cl)c(Cl)c1)C2. The molecule has 2 saturated heterocycles. The zero-order valence-corrected chi connectivity index (χ0v) is 12.5. The molecule has 1 N–H and O–H groups in total. The Morgan fingerprint density at radius 1 is 1.26 bits per heavy atom. The van der Waals surface area contributed by atoms with E-state index in [2.05, 4.69) is 18.0 Å². The van der Waals surface area contributed by atoms with Gasteiger partial charge >= 0.3 is 0 Å². The number of aliphatic hydroxyl groups excluding tert-OH is 1. The Morgan fingerprint density at radius 3 is 2.74 bits per heavy atom. The smallest absolute Gasteiger partial charge is 0.0595 e. The van der Waals surface area contributed by atoms with Crippen molar-refractivity contribution in [3.8, 4) is 0 Å². The molecule has 0 aliphatic carbocycles. The minimum Gasteiger partial charge on any atom is -0.396 e. The van der Waals surface area contributed by atoms with E-state index >= 15 is 0 Å². The minimum absolute atomic E-state index is 0.243. The highest BCUT2D eigenvalue weighted by molar-refractivity contribution is 6.42. The van der Waals surface area contributed by atoms with E-state index in [9.17, 15) is 5.11 Å². The third kappa shape index (κ3) is 2.29. The molecule has 2 aliphatic rings. The highest BCUT2D eigenvalue weighted by atomic mass is 35.5. The van der Waals surface area contributed by atoms with Crippen LogP contribution in [0, 0.1) is 5.92 Å². The zero-order valence-electron chi connectivity index (χ0n) is 11.0. The van der Waals surface area contributed by atoms with Crippen molar-refractivity contribution in [3.63, 3.8) is 0 Å². The van der Waals surface area contributed by atoms with Gasteiger partial charge in [-0.1, -0.05) is 29.3 Å². The van der Waals surface area contributed by atoms with Crippen molar-refractivity contribution in [2.45, 2.75) is 37.3 Å². The predicted octanol–water partition coefficient (Wildman–Crippen LogP) is 3.55. The fourth-order valence-corrected chi connectivity index (χ4v) is 4.26. The van der Waals surface area contributed by atoms with Gasteiger partial charge in [-0.25, -0.2) is 0 Å². The molecule has 2 bridgehead atoms. The summed E-state index contributed by atoms with van der Waals surface area (Å²) in [4.78, 5) is 2.45. The predicted molar refractivity (Wildman–Crippen MR) is 79.0 cm³/mol. The van der Waals surface area contributed by atoms with E-state index in [0.29, 0.717) is 34.0 Å². The molecule has 0 spiro atoms. The molecule has 19 heavy (non-hydrogen) atoms. The summed E-state index contributed by atoms with van der Waals surface area (Å²) in [5.41, 5.74) is 1.22. The molecule has 1 aromatic carbocycles. The summed E-state index contributed by atoms with van der Waals surface area (Å²) < 4.78 is 0. The maximum atomic E-state index is 9.80. The van der Waals surface area contributed by atoms with Gasteiger partial charge in [0, 0.05) is 24.6 Å². The van der Waals surface area contributed by atoms with Gasteiger partial charge in [0.15, 0.2) is 0 Å². The van der Waals surface area contributed by atoms with Crippen molar-refractivity contribution < 1.29 is 5.11 Å². The van der Waals surface area contributed by atoms with Crippen LogP contribution in [0.25, 0.3) is 0 Å². The standard InChI is InChI=1S/C15H19Cl2NO/c1-18-10-3-5-15(18)12(8-19)11(7-10)9-2-4-13(16)14(17)6-9/h2,4,6,10-12,15,19H,3,5,7-8H2,1H3/t10?,11?,12-,15?/m1/s1. The lowest BCUT2D eigenvalue weighted by Crippen LogP contribution is -2.47. The van der Waals surface area contributed by atoms with Crippen molar-refractivity contribution in [2.24, 2.45) is 5.92 Å². The molecule has 1 aromatic rings. The average Bonchev–Trinajstić information content (AvgIpc) is 2.65. The summed E-state index contributed by atoms with van der Waals surface area (Å²) in [7, 11) is 2.19. The van der Waals surface area contributed by atoms with Crippen molar-refractivity contribution in [2.75, 3.05) is 13.7 Å². The summed E-state index contributed by atoms with van der Waals surface area (Å²) in [6.45, 7) is 0.243. The van der Waals surface area contributed by atoms with Crippen molar-refractivity contribution in [1.29, 1.82) is 0 Å². The molecule has 2 fully saturated rings. The number of fused-ring (bicyclic) bond motifs is 2. The van der Waals surface area contributed by atoms with E-state index in [1.165, 1.54) is 18.4 Å². The third-order valence-electron chi connectivity index (χ3n) is 5.01. The van der Waals surface area contributed by atoms with E-state index in [-0.39, 0.29) is 6.61 Å². The molecular formula is C15H19Cl2NO. The van der Waals surface area contributed by atoms with Crippen molar-refractivity contribution in [3.05, 3.63) is 33.8 Å². The van der Waals surface area contributed by atoms with Gasteiger partial charge in [0.05, 0.1) is 10.0 Å². The lowest BCUT2D eigenvalue weighted by atomic mass is 9.76. The maximum Gasteiger partial charge on any atom is 0.0595 e. The van der Waals surface area contributed by atoms with Crippen LogP contribution in [-0.4, -0.2) is 35.7 Å². The number of hydrogen-bond donors (Lipinski definition) is 1. The third-order valence-corrected chi connectivity index (χ3v) is 5.75. The second kappa shape index (κ2) is 5.25. The molecule has 0 saturated carbocycles. The Labute approximate surface area is 124 Å². The summed E-state index contributed by atoms with van der Waals surface area (Å²) in [6.07, 6.45) is 3.55. The van der Waals surface area contributed by atoms with Crippen LogP contribution in [0.15, 0.2) is 18.2 Å². The number of hydrogen-bond acceptors (Lipinski definition) is 2. The van der Waals surface area contributed by atoms with Gasteiger partial charge < -0.3 is 10.0 Å². The van der Waals surface area contributed by atoms with Crippen LogP contribution in [0.4, 0.5) is 0 Å². The topological polar surface area (TPSA) is 23.5 Å². The largest absolute Gasteiger partial charge is 0.396 e. The molecule has 2 heterocycles. The van der Waals surface area contributed by atoms with Gasteiger partial charge in [-0.2, -0.15) is 0 Å². The monoisotopic (exact) mass is 299 g/mol. The lowest BCUT2D eigenvalue weighted by Gasteiger charge is -2.42. The Balaban J connectivity index is 1.93. The summed E-state index contributed by atoms with van der Waals surface area (Å²) in [5.74, 6) is 0.703. The first kappa shape index (κ1) is 13.7. The molecule has 4 heteroatoms. The molecular weight excluding hydrogens is 281 g/mol. The van der Waals surface area contributed by atoms with E-state index in [4.69, 9.17) is 23.2 Å². The van der Waals surface area contributed by atoms with Crippen molar-refractivity contribution in [1.82, 2.24) is 4.90 Å². The molecule has 2 nitrogen and oxygen atoms in total. The molecule has 0 amide bonds. The first-order valence-electron chi connectivity index (χ1n) is 6.89. The number of benzene rings is 1. The first-order valence-corrected chi connectivity index (χ1v) is 7.65. The van der Waals surface area contributed by atoms with E-state index in [1.807, 2.05) is 12.1 Å². The van der Waals surface area contributed by atoms with Crippen LogP contribution < -0.4 is 0 Å². The molecule has 4 atom stereocenters. The number of nitrogens with zero attached hydrogens (tertiary/aromatic N) is 1. The van der Waals surface area contributed by atoms with Gasteiger partial charge in [-0.3, -0.25) is 0 Å². The average molecular weight is 300 g/mol. The molecule has 2 aliphatic heterocycles. The Hall–Kier alpha value is -0.280. The molecule has 104 valence electrons. The van der Waals surface area contributed by atoms with Crippen LogP contribution in [0.1, 0.15) is 30.7 Å². The zero-order chi connectivity index (χ0) is 13.6. The Kier molecular flexibility index (Phi) is 3.78. The number of halogens is 2. The van der Waals surface area contributed by atoms with Crippen LogP contribution in [0.5, 0.6) is 0 Å². The number of piperidine rings is 1. The molecule has 3 unspecified atom stereocenters. The lowest BCUT2D eigenvalue weighted by molar-refractivity contribution is 0.0592. The van der Waals surface area contributed by atoms with Gasteiger partial charge in [-0.15, -0.1) is 0 Å². The summed E-state index contributed by atoms with van der Waals surface area (Å²) >= 11 is 12.1. The molecule has 0 radical (unpaired) electrons. The maximum absolute atomic E-state index is 9.80. The second-order valence-electron chi connectivity index (χ2n) is 5.83. The van der Waals surface area contributed by atoms with Gasteiger partial charge in [0.25, 0.3) is 0 Å². The summed E-state index contributed by atoms with van der Waals surface area (Å²) in [5, 5.41) is 11.0. The molecule has 3 rings (SSSR count). The van der Waals surface area contributed by atoms with Crippen LogP contribution >= 0.6 is 23.2 Å². The number of rotatable bonds is 2. The fourth-order valence-electron chi connectivity index (χ4n) is 3.95. The van der Waals surface area contributed by atoms with E-state index in [0.717, 1.165) is 6.42 Å². The fraction of sp³-hybridized carbons (Fsp3) is 0.600. The van der Waals surface area contributed by atoms with Crippen LogP contribution in [0.3, 0.4) is 0 Å². The van der Waals surface area contributed by atoms with E-state index < -0.39 is 0 Å². The van der Waals surface area contributed by atoms with Crippen LogP contribution in [0.2, 0.25) is 10.0 Å². The quantitative estimate of drug-likeness (QED) is 0.903. The van der Waals surface area contributed by atoms with Crippen LogP contribution in [-0.2, 0) is 0 Å². The highest BCUT2D eigenvalue weighted by Crippen LogP contribution is 2.46. The minimum atomic E-state index is 0.243. The molecule has 0 aromatic heterocycles. The number of aliphatic hydroxyl groups is 1. The Bertz CT molecular complexity index is 479. The first-order chi connectivity index (χ1) is 9.11. The van der Waals surface area contributed by atoms with Gasteiger partial charge in [0.2, 0.25) is 0 Å². The summed E-state index contributed by atoms with van der Waals surface area (Å²) in [6, 6.07) is 7.05. The van der Waals surface area contributed by atoms with Gasteiger partial charge in [0.1, 0.15) is 0 Å². The van der Waals surface area contributed by atoms with E-state index in [1.54, 1.807) is 0 Å².